The number of benzene rings is 2. The van der Waals surface area contributed by atoms with Crippen molar-refractivity contribution in [1.82, 2.24) is 0 Å². The van der Waals surface area contributed by atoms with Gasteiger partial charge in [-0.05, 0) is 56.2 Å². The molecule has 3 rings (SSSR count). The molecule has 0 bridgehead atoms. The molecule has 0 aliphatic rings. The third kappa shape index (κ3) is 6.93. The summed E-state index contributed by atoms with van der Waals surface area (Å²) < 4.78 is 29.2. The predicted octanol–water partition coefficient (Wildman–Crippen LogP) is 5.85. The van der Waals surface area contributed by atoms with E-state index >= 15 is 0 Å². The Morgan fingerprint density at radius 1 is 1.00 bits per heavy atom. The van der Waals surface area contributed by atoms with Gasteiger partial charge in [0.25, 0.3) is 0 Å². The van der Waals surface area contributed by atoms with Crippen molar-refractivity contribution in [1.29, 1.82) is 5.26 Å². The lowest BCUT2D eigenvalue weighted by molar-refractivity contribution is -0.114. The zero-order valence-electron chi connectivity index (χ0n) is 21.2. The number of carbonyl (C=O) groups is 3. The molecule has 0 aliphatic heterocycles. The van der Waals surface area contributed by atoms with Crippen molar-refractivity contribution in [2.24, 2.45) is 0 Å². The number of nitrogens with zero attached hydrogens (tertiary/aromatic N) is 1. The van der Waals surface area contributed by atoms with Gasteiger partial charge >= 0.3 is 11.9 Å². The van der Waals surface area contributed by atoms with Gasteiger partial charge in [-0.2, -0.15) is 5.26 Å². The maximum absolute atomic E-state index is 13.2. The highest BCUT2D eigenvalue weighted by Crippen LogP contribution is 2.31. The van der Waals surface area contributed by atoms with Crippen LogP contribution in [0.1, 0.15) is 55.4 Å². The number of hydrogen-bond acceptors (Lipinski definition) is 8. The molecule has 0 radical (unpaired) electrons. The molecular weight excluding hydrogens is 509 g/mol. The molecule has 0 aliphatic carbocycles. The third-order valence-corrected chi connectivity index (χ3v) is 6.70. The summed E-state index contributed by atoms with van der Waals surface area (Å²) in [5, 5.41) is 9.76. The Bertz CT molecular complexity index is 1400. The van der Waals surface area contributed by atoms with Crippen molar-refractivity contribution in [3.8, 4) is 11.8 Å². The molecule has 1 aromatic heterocycles. The molecule has 9 heteroatoms. The normalized spacial score (nSPS) is 11.0. The maximum Gasteiger partial charge on any atom is 0.348 e. The SMILES string of the molecule is CCOC(=O)c1sc(CC(=O)/C(C#N)=C/c2ccccc2OCc2ccc(F)cc2)c(C(=O)OCC)c1C. The quantitative estimate of drug-likeness (QED) is 0.172. The summed E-state index contributed by atoms with van der Waals surface area (Å²) in [5.74, 6) is -1.70. The van der Waals surface area contributed by atoms with E-state index in [1.165, 1.54) is 18.2 Å². The standard InChI is InChI=1S/C29H26FNO6S/c1-4-35-28(33)26-18(3)27(29(34)36-5-2)38-25(26)15-23(32)21(16-31)14-20-8-6-7-9-24(20)37-17-19-10-12-22(30)13-11-19/h6-14H,4-5,15,17H2,1-3H3/b21-14+. The minimum Gasteiger partial charge on any atom is -0.488 e. The fraction of sp³-hybridized carbons (Fsp3) is 0.241. The number of para-hydroxylation sites is 1. The first-order chi connectivity index (χ1) is 18.3. The number of nitriles is 1. The van der Waals surface area contributed by atoms with Crippen molar-refractivity contribution >= 4 is 35.1 Å². The molecule has 1 heterocycles. The molecule has 2 aromatic carbocycles. The monoisotopic (exact) mass is 535 g/mol. The maximum atomic E-state index is 13.2. The summed E-state index contributed by atoms with van der Waals surface area (Å²) in [6, 6.07) is 14.7. The van der Waals surface area contributed by atoms with E-state index in [-0.39, 0.29) is 48.1 Å². The van der Waals surface area contributed by atoms with Crippen LogP contribution < -0.4 is 4.74 Å². The van der Waals surface area contributed by atoms with Crippen molar-refractivity contribution < 1.29 is 33.0 Å². The second kappa shape index (κ2) is 13.3. The molecule has 0 saturated carbocycles. The fourth-order valence-corrected chi connectivity index (χ4v) is 4.79. The molecule has 7 nitrogen and oxygen atoms in total. The summed E-state index contributed by atoms with van der Waals surface area (Å²) in [5.41, 5.74) is 1.60. The summed E-state index contributed by atoms with van der Waals surface area (Å²) >= 11 is 0.977. The van der Waals surface area contributed by atoms with Gasteiger partial charge in [-0.25, -0.2) is 14.0 Å². The number of carbonyl (C=O) groups excluding carboxylic acids is 3. The van der Waals surface area contributed by atoms with Crippen molar-refractivity contribution in [3.05, 3.63) is 91.9 Å². The number of Topliss-reactive ketones (excluding diaryl/α,β-unsaturated/α-hetero) is 1. The van der Waals surface area contributed by atoms with Gasteiger partial charge < -0.3 is 14.2 Å². The number of thiophene rings is 1. The molecule has 196 valence electrons. The van der Waals surface area contributed by atoms with Gasteiger partial charge in [0.1, 0.15) is 29.1 Å². The summed E-state index contributed by atoms with van der Waals surface area (Å²) in [6.45, 7) is 5.36. The molecule has 0 spiro atoms. The first kappa shape index (κ1) is 28.3. The lowest BCUT2D eigenvalue weighted by Crippen LogP contribution is -2.12. The number of allylic oxidation sites excluding steroid dienone is 1. The van der Waals surface area contributed by atoms with Crippen LogP contribution in [0.5, 0.6) is 5.75 Å². The van der Waals surface area contributed by atoms with Crippen molar-refractivity contribution in [3.63, 3.8) is 0 Å². The van der Waals surface area contributed by atoms with E-state index in [4.69, 9.17) is 14.2 Å². The number of ether oxygens (including phenoxy) is 3. The van der Waals surface area contributed by atoms with Gasteiger partial charge in [-0.15, -0.1) is 11.3 Å². The topological polar surface area (TPSA) is 103 Å². The Balaban J connectivity index is 1.89. The van der Waals surface area contributed by atoms with E-state index in [2.05, 4.69) is 0 Å². The van der Waals surface area contributed by atoms with Crippen LogP contribution in [0, 0.1) is 24.1 Å². The van der Waals surface area contributed by atoms with Gasteiger partial charge in [0, 0.05) is 16.9 Å². The largest absolute Gasteiger partial charge is 0.488 e. The van der Waals surface area contributed by atoms with Crippen molar-refractivity contribution in [2.75, 3.05) is 13.2 Å². The Labute approximate surface area is 224 Å². The third-order valence-electron chi connectivity index (χ3n) is 5.43. The van der Waals surface area contributed by atoms with Gasteiger partial charge in [0.2, 0.25) is 0 Å². The van der Waals surface area contributed by atoms with Gasteiger partial charge in [0.15, 0.2) is 5.78 Å². The molecule has 0 amide bonds. The molecule has 0 fully saturated rings. The Morgan fingerprint density at radius 2 is 1.66 bits per heavy atom. The lowest BCUT2D eigenvalue weighted by Gasteiger charge is -2.10. The summed E-state index contributed by atoms with van der Waals surface area (Å²) in [6.07, 6.45) is 1.14. The fourth-order valence-electron chi connectivity index (χ4n) is 3.60. The minimum atomic E-state index is -0.651. The van der Waals surface area contributed by atoms with E-state index in [1.807, 2.05) is 6.07 Å². The molecule has 0 saturated heterocycles. The van der Waals surface area contributed by atoms with Gasteiger partial charge in [0.05, 0.1) is 24.4 Å². The van der Waals surface area contributed by atoms with E-state index < -0.39 is 17.7 Å². The van der Waals surface area contributed by atoms with E-state index in [0.29, 0.717) is 21.8 Å². The zero-order valence-corrected chi connectivity index (χ0v) is 22.0. The first-order valence-electron chi connectivity index (χ1n) is 11.9. The highest BCUT2D eigenvalue weighted by atomic mass is 32.1. The second-order valence-corrected chi connectivity index (χ2v) is 9.12. The molecule has 3 aromatic rings. The summed E-state index contributed by atoms with van der Waals surface area (Å²) in [7, 11) is 0. The number of esters is 2. The predicted molar refractivity (Wildman–Crippen MR) is 140 cm³/mol. The van der Waals surface area contributed by atoms with Crippen LogP contribution in [0.3, 0.4) is 0 Å². The Kier molecular flexibility index (Phi) is 9.91. The lowest BCUT2D eigenvalue weighted by atomic mass is 10.0. The molecule has 0 atom stereocenters. The van der Waals surface area contributed by atoms with Crippen LogP contribution in [0.2, 0.25) is 0 Å². The zero-order chi connectivity index (χ0) is 27.7. The second-order valence-electron chi connectivity index (χ2n) is 8.02. The van der Waals surface area contributed by atoms with Crippen LogP contribution >= 0.6 is 11.3 Å². The van der Waals surface area contributed by atoms with Crippen LogP contribution in [-0.2, 0) is 27.3 Å². The van der Waals surface area contributed by atoms with Crippen molar-refractivity contribution in [2.45, 2.75) is 33.8 Å². The highest BCUT2D eigenvalue weighted by Gasteiger charge is 2.28. The van der Waals surface area contributed by atoms with Gasteiger partial charge in [-0.3, -0.25) is 4.79 Å². The number of halogens is 1. The average molecular weight is 536 g/mol. The van der Waals surface area contributed by atoms with E-state index in [0.717, 1.165) is 16.9 Å². The van der Waals surface area contributed by atoms with Crippen LogP contribution in [0.4, 0.5) is 4.39 Å². The number of ketones is 1. The first-order valence-corrected chi connectivity index (χ1v) is 12.7. The van der Waals surface area contributed by atoms with Crippen LogP contribution in [0.25, 0.3) is 6.08 Å². The van der Waals surface area contributed by atoms with E-state index in [1.54, 1.807) is 57.2 Å². The van der Waals surface area contributed by atoms with Gasteiger partial charge in [-0.1, -0.05) is 30.3 Å². The number of hydrogen-bond donors (Lipinski definition) is 0. The van der Waals surface area contributed by atoms with Crippen LogP contribution in [-0.4, -0.2) is 30.9 Å². The Morgan fingerprint density at radius 3 is 2.32 bits per heavy atom. The highest BCUT2D eigenvalue weighted by molar-refractivity contribution is 7.14. The molecular formula is C29H26FNO6S. The molecule has 38 heavy (non-hydrogen) atoms. The number of rotatable bonds is 11. The smallest absolute Gasteiger partial charge is 0.348 e. The molecule has 0 unspecified atom stereocenters. The summed E-state index contributed by atoms with van der Waals surface area (Å²) in [4.78, 5) is 38.8. The minimum absolute atomic E-state index is 0.119. The molecule has 0 N–H and O–H groups in total. The van der Waals surface area contributed by atoms with Crippen LogP contribution in [0.15, 0.2) is 54.1 Å². The van der Waals surface area contributed by atoms with E-state index in [9.17, 15) is 24.0 Å². The Hall–Kier alpha value is -4.29. The average Bonchev–Trinajstić information content (AvgIpc) is 3.23.